The fourth-order valence-electron chi connectivity index (χ4n) is 5.44. The number of rotatable bonds is 6. The van der Waals surface area contributed by atoms with Crippen LogP contribution in [0.1, 0.15) is 26.7 Å². The Balaban J connectivity index is 1.88. The van der Waals surface area contributed by atoms with Gasteiger partial charge in [0, 0.05) is 0 Å². The number of carbonyl (C=O) groups excluding carboxylic acids is 1. The number of hydrogen-bond acceptors (Lipinski definition) is 5. The Hall–Kier alpha value is -0.570. The summed E-state index contributed by atoms with van der Waals surface area (Å²) in [6.07, 6.45) is -2.45. The van der Waals surface area contributed by atoms with E-state index in [0.717, 1.165) is 22.6 Å². The minimum Gasteiger partial charge on any atom is -0.394 e. The van der Waals surface area contributed by atoms with E-state index in [-0.39, 0.29) is 17.0 Å². The molecule has 132 valence electrons. The van der Waals surface area contributed by atoms with Gasteiger partial charge < -0.3 is 20.4 Å². The van der Waals surface area contributed by atoms with Gasteiger partial charge in [-0.25, -0.2) is 0 Å². The first-order chi connectivity index (χ1) is 10.8. The van der Waals surface area contributed by atoms with Crippen molar-refractivity contribution >= 4 is 5.78 Å². The third-order valence-corrected chi connectivity index (χ3v) is 6.73. The Kier molecular flexibility index (Phi) is 4.32. The van der Waals surface area contributed by atoms with Crippen LogP contribution in [0.3, 0.4) is 0 Å². The van der Waals surface area contributed by atoms with E-state index in [2.05, 4.69) is 13.8 Å². The fraction of sp³-hybridized carbons (Fsp3) is 0.938. The molecule has 0 aliphatic carbocycles. The predicted octanol–water partition coefficient (Wildman–Crippen LogP) is -4.44. The van der Waals surface area contributed by atoms with Gasteiger partial charge in [0.1, 0.15) is 49.2 Å². The van der Waals surface area contributed by atoms with Gasteiger partial charge in [-0.15, -0.1) is 0 Å². The summed E-state index contributed by atoms with van der Waals surface area (Å²) in [4.78, 5) is 15.3. The predicted molar refractivity (Wildman–Crippen MR) is 80.7 cm³/mol. The van der Waals surface area contributed by atoms with Gasteiger partial charge in [0.25, 0.3) is 0 Å². The molecule has 0 radical (unpaired) electrons. The summed E-state index contributed by atoms with van der Waals surface area (Å²) in [5.41, 5.74) is -0.623. The number of carbonyl (C=O) groups is 1. The fourth-order valence-corrected chi connectivity index (χ4v) is 5.44. The number of piperidine rings is 2. The van der Waals surface area contributed by atoms with Crippen LogP contribution in [0.5, 0.6) is 0 Å². The van der Waals surface area contributed by atoms with Crippen LogP contribution in [0.15, 0.2) is 0 Å². The quantitative estimate of drug-likeness (QED) is 0.295. The molecule has 0 unspecified atom stereocenters. The van der Waals surface area contributed by atoms with Crippen LogP contribution in [-0.4, -0.2) is 83.5 Å². The zero-order valence-corrected chi connectivity index (χ0v) is 14.0. The summed E-state index contributed by atoms with van der Waals surface area (Å²) in [6.45, 7) is 6.31. The second-order valence-corrected chi connectivity index (χ2v) is 7.83. The highest BCUT2D eigenvalue weighted by Crippen LogP contribution is 2.39. The van der Waals surface area contributed by atoms with Crippen LogP contribution in [0.2, 0.25) is 0 Å². The van der Waals surface area contributed by atoms with Crippen LogP contribution in [0, 0.1) is 10.8 Å². The minimum absolute atomic E-state index is 0.251. The summed E-state index contributed by atoms with van der Waals surface area (Å²) in [7, 11) is 0. The van der Waals surface area contributed by atoms with Crippen molar-refractivity contribution < 1.29 is 35.0 Å². The normalized spacial score (nSPS) is 46.0. The first-order valence-electron chi connectivity index (χ1n) is 8.73. The molecule has 4 aliphatic heterocycles. The topological polar surface area (TPSA) is 107 Å². The number of Topliss-reactive ketones (excluding diaryl/α,β-unsaturated/α-hetero) is 1. The summed E-state index contributed by atoms with van der Waals surface area (Å²) < 4.78 is 0. The third-order valence-electron chi connectivity index (χ3n) is 6.73. The van der Waals surface area contributed by atoms with Crippen molar-refractivity contribution in [3.8, 4) is 0 Å². The highest BCUT2D eigenvalue weighted by molar-refractivity contribution is 5.92. The lowest BCUT2D eigenvalue weighted by Crippen LogP contribution is -3.46. The highest BCUT2D eigenvalue weighted by atomic mass is 16.4. The van der Waals surface area contributed by atoms with E-state index in [1.165, 1.54) is 0 Å². The number of aliphatic hydroxyl groups is 4. The van der Waals surface area contributed by atoms with E-state index in [0.29, 0.717) is 32.0 Å². The maximum Gasteiger partial charge on any atom is 0.242 e. The van der Waals surface area contributed by atoms with Crippen LogP contribution in [0.25, 0.3) is 0 Å². The SMILES string of the molecule is CCC12C[NH+]3CC(CC)(C[NH+](C1)C3[C@H](O)[C@H](O)[C@H](O)CO)C2=O. The van der Waals surface area contributed by atoms with E-state index >= 15 is 0 Å². The van der Waals surface area contributed by atoms with Gasteiger partial charge in [-0.1, -0.05) is 13.8 Å². The molecule has 0 aromatic heterocycles. The molecule has 0 aromatic rings. The third kappa shape index (κ3) is 2.29. The number of aliphatic hydroxyl groups excluding tert-OH is 4. The summed E-state index contributed by atoms with van der Waals surface area (Å²) in [6, 6.07) is 0. The van der Waals surface area contributed by atoms with E-state index < -0.39 is 24.9 Å². The zero-order valence-electron chi connectivity index (χ0n) is 14.0. The largest absolute Gasteiger partial charge is 0.394 e. The molecule has 7 nitrogen and oxygen atoms in total. The van der Waals surface area contributed by atoms with E-state index in [4.69, 9.17) is 5.11 Å². The molecule has 0 spiro atoms. The average molecular weight is 330 g/mol. The molecule has 4 aliphatic rings. The molecule has 23 heavy (non-hydrogen) atoms. The van der Waals surface area contributed by atoms with Crippen molar-refractivity contribution in [2.75, 3.05) is 32.8 Å². The molecule has 3 atom stereocenters. The van der Waals surface area contributed by atoms with Gasteiger partial charge in [0.2, 0.25) is 6.17 Å². The summed E-state index contributed by atoms with van der Waals surface area (Å²) in [5, 5.41) is 39.4. The molecule has 4 rings (SSSR count). The lowest BCUT2D eigenvalue weighted by molar-refractivity contribution is -1.17. The first kappa shape index (κ1) is 17.3. The molecular formula is C16H30N2O5+2. The second kappa shape index (κ2) is 5.75. The van der Waals surface area contributed by atoms with Crippen LogP contribution >= 0.6 is 0 Å². The van der Waals surface area contributed by atoms with E-state index in [1.807, 2.05) is 0 Å². The van der Waals surface area contributed by atoms with E-state index in [1.54, 1.807) is 0 Å². The van der Waals surface area contributed by atoms with E-state index in [9.17, 15) is 20.1 Å². The number of quaternary nitrogens is 2. The standard InChI is InChI=1S/C16H28N2O5/c1-3-15-6-17-8-16(4-2,14(15)23)9-18(7-15)13(17)12(22)11(21)10(20)5-19/h10-13,19-22H,3-9H2,1-2H3/p+2/t10-,11-,12-,13?,15?,16?/m1/s1. The summed E-state index contributed by atoms with van der Waals surface area (Å²) >= 11 is 0. The number of nitrogens with one attached hydrogen (secondary N) is 2. The van der Waals surface area contributed by atoms with Gasteiger partial charge >= 0.3 is 0 Å². The Bertz CT molecular complexity index is 443. The van der Waals surface area contributed by atoms with Gasteiger partial charge in [0.05, 0.1) is 6.61 Å². The number of hydrogen-bond donors (Lipinski definition) is 6. The molecule has 0 saturated carbocycles. The first-order valence-corrected chi connectivity index (χ1v) is 8.73. The molecule has 7 heteroatoms. The lowest BCUT2D eigenvalue weighted by atomic mass is 9.58. The van der Waals surface area contributed by atoms with Crippen molar-refractivity contribution in [1.82, 2.24) is 0 Å². The molecule has 4 bridgehead atoms. The van der Waals surface area contributed by atoms with Crippen molar-refractivity contribution in [1.29, 1.82) is 0 Å². The molecule has 0 aromatic carbocycles. The molecule has 6 N–H and O–H groups in total. The molecular weight excluding hydrogens is 300 g/mol. The highest BCUT2D eigenvalue weighted by Gasteiger charge is 2.71. The van der Waals surface area contributed by atoms with Crippen LogP contribution in [0.4, 0.5) is 0 Å². The van der Waals surface area contributed by atoms with Crippen molar-refractivity contribution in [3.05, 3.63) is 0 Å². The molecule has 4 heterocycles. The molecule has 4 saturated heterocycles. The second-order valence-electron chi connectivity index (χ2n) is 7.83. The van der Waals surface area contributed by atoms with Crippen LogP contribution < -0.4 is 9.80 Å². The summed E-state index contributed by atoms with van der Waals surface area (Å²) in [5.74, 6) is 0.395. The Labute approximate surface area is 136 Å². The van der Waals surface area contributed by atoms with Crippen LogP contribution in [-0.2, 0) is 4.79 Å². The minimum atomic E-state index is -1.37. The average Bonchev–Trinajstić information content (AvgIpc) is 2.56. The van der Waals surface area contributed by atoms with Crippen molar-refractivity contribution in [2.24, 2.45) is 10.8 Å². The van der Waals surface area contributed by atoms with Gasteiger partial charge in [-0.05, 0) is 12.8 Å². The van der Waals surface area contributed by atoms with Crippen molar-refractivity contribution in [2.45, 2.75) is 51.2 Å². The monoisotopic (exact) mass is 330 g/mol. The zero-order chi connectivity index (χ0) is 17.0. The van der Waals surface area contributed by atoms with Gasteiger partial charge in [-0.2, -0.15) is 0 Å². The smallest absolute Gasteiger partial charge is 0.242 e. The molecule has 0 amide bonds. The Morgan fingerprint density at radius 3 is 1.83 bits per heavy atom. The maximum atomic E-state index is 13.0. The number of ketones is 1. The Morgan fingerprint density at radius 1 is 1.04 bits per heavy atom. The van der Waals surface area contributed by atoms with Gasteiger partial charge in [0.15, 0.2) is 11.9 Å². The maximum absolute atomic E-state index is 13.0. The van der Waals surface area contributed by atoms with Crippen molar-refractivity contribution in [3.63, 3.8) is 0 Å². The lowest BCUT2D eigenvalue weighted by Gasteiger charge is -2.61. The molecule has 4 fully saturated rings. The van der Waals surface area contributed by atoms with Gasteiger partial charge in [-0.3, -0.25) is 14.6 Å². The Morgan fingerprint density at radius 2 is 1.48 bits per heavy atom.